The van der Waals surface area contributed by atoms with Gasteiger partial charge in [-0.05, 0) is 6.92 Å². The summed E-state index contributed by atoms with van der Waals surface area (Å²) in [5.41, 5.74) is 0.861. The van der Waals surface area contributed by atoms with Crippen LogP contribution < -0.4 is 5.32 Å². The highest BCUT2D eigenvalue weighted by Crippen LogP contribution is 2.23. The van der Waals surface area contributed by atoms with Gasteiger partial charge in [-0.25, -0.2) is 9.97 Å². The number of aromatic nitrogens is 2. The number of nitrogens with zero attached hydrogens (tertiary/aromatic N) is 2. The Bertz CT molecular complexity index is 404. The monoisotopic (exact) mass is 303 g/mol. The van der Waals surface area contributed by atoms with Gasteiger partial charge in [-0.1, -0.05) is 48.0 Å². The van der Waals surface area contributed by atoms with Crippen LogP contribution in [0.25, 0.3) is 0 Å². The Morgan fingerprint density at radius 2 is 2.12 bits per heavy atom. The van der Waals surface area contributed by atoms with Crippen LogP contribution in [0.1, 0.15) is 31.2 Å². The molecular weight excluding hydrogens is 289 g/mol. The van der Waals surface area contributed by atoms with Crippen LogP contribution in [0.4, 0.5) is 5.82 Å². The Morgan fingerprint density at radius 1 is 1.50 bits per heavy atom. The Labute approximate surface area is 109 Å². The third kappa shape index (κ3) is 3.46. The van der Waals surface area contributed by atoms with Gasteiger partial charge in [-0.2, -0.15) is 0 Å². The highest BCUT2D eigenvalue weighted by molar-refractivity contribution is 9.11. The summed E-state index contributed by atoms with van der Waals surface area (Å²) >= 11 is 9.34. The molecule has 0 amide bonds. The highest BCUT2D eigenvalue weighted by atomic mass is 79.9. The van der Waals surface area contributed by atoms with E-state index in [1.807, 2.05) is 20.8 Å². The van der Waals surface area contributed by atoms with Crippen molar-refractivity contribution in [2.45, 2.75) is 26.7 Å². The summed E-state index contributed by atoms with van der Waals surface area (Å²) < 4.78 is 0.868. The maximum Gasteiger partial charge on any atom is 0.137 e. The van der Waals surface area contributed by atoms with Crippen LogP contribution in [0.5, 0.6) is 0 Å². The molecule has 1 aromatic heterocycles. The molecule has 0 saturated heterocycles. The van der Waals surface area contributed by atoms with Gasteiger partial charge in [0.1, 0.15) is 16.8 Å². The predicted molar refractivity (Wildman–Crippen MR) is 72.4 cm³/mol. The van der Waals surface area contributed by atoms with Gasteiger partial charge in [-0.3, -0.25) is 0 Å². The number of hydrogen-bond acceptors (Lipinski definition) is 3. The molecule has 1 aromatic rings. The van der Waals surface area contributed by atoms with Crippen molar-refractivity contribution in [3.05, 3.63) is 27.6 Å². The van der Waals surface area contributed by atoms with E-state index >= 15 is 0 Å². The van der Waals surface area contributed by atoms with Gasteiger partial charge in [0.25, 0.3) is 0 Å². The summed E-state index contributed by atoms with van der Waals surface area (Å²) in [7, 11) is 0. The number of halogens is 2. The minimum atomic E-state index is 0.255. The van der Waals surface area contributed by atoms with Gasteiger partial charge < -0.3 is 5.32 Å². The van der Waals surface area contributed by atoms with Crippen molar-refractivity contribution in [3.8, 4) is 0 Å². The zero-order chi connectivity index (χ0) is 12.3. The molecule has 0 unspecified atom stereocenters. The molecule has 1 rings (SSSR count). The second kappa shape index (κ2) is 5.64. The molecule has 0 bridgehead atoms. The van der Waals surface area contributed by atoms with E-state index in [2.05, 4.69) is 37.8 Å². The van der Waals surface area contributed by atoms with Crippen molar-refractivity contribution < 1.29 is 0 Å². The standard InChI is InChI=1S/C11H15BrClN3/c1-6(2)10-15-9(13)8(4)11(16-10)14-5-7(3)12/h6H,3,5H2,1-2,4H3,(H,14,15,16). The fourth-order valence-corrected chi connectivity index (χ4v) is 1.43. The molecule has 1 N–H and O–H groups in total. The summed E-state index contributed by atoms with van der Waals surface area (Å²) in [4.78, 5) is 8.68. The van der Waals surface area contributed by atoms with E-state index in [9.17, 15) is 0 Å². The first-order valence-electron chi connectivity index (χ1n) is 5.03. The van der Waals surface area contributed by atoms with Crippen LogP contribution in [-0.2, 0) is 0 Å². The lowest BCUT2D eigenvalue weighted by atomic mass is 10.2. The first-order valence-corrected chi connectivity index (χ1v) is 6.20. The van der Waals surface area contributed by atoms with E-state index in [0.29, 0.717) is 11.7 Å². The van der Waals surface area contributed by atoms with Gasteiger partial charge in [-0.15, -0.1) is 0 Å². The van der Waals surface area contributed by atoms with Crippen LogP contribution in [0.15, 0.2) is 11.1 Å². The normalized spacial score (nSPS) is 10.6. The van der Waals surface area contributed by atoms with Crippen LogP contribution in [-0.4, -0.2) is 16.5 Å². The summed E-state index contributed by atoms with van der Waals surface area (Å²) in [6.07, 6.45) is 0. The van der Waals surface area contributed by atoms with Crippen molar-refractivity contribution in [1.82, 2.24) is 9.97 Å². The summed E-state index contributed by atoms with van der Waals surface area (Å²) in [5.74, 6) is 1.77. The van der Waals surface area contributed by atoms with E-state index in [4.69, 9.17) is 11.6 Å². The number of hydrogen-bond donors (Lipinski definition) is 1. The summed E-state index contributed by atoms with van der Waals surface area (Å²) in [6.45, 7) is 10.3. The topological polar surface area (TPSA) is 37.8 Å². The number of anilines is 1. The molecule has 88 valence electrons. The third-order valence-corrected chi connectivity index (χ3v) is 2.72. The van der Waals surface area contributed by atoms with Gasteiger partial charge >= 0.3 is 0 Å². The zero-order valence-corrected chi connectivity index (χ0v) is 12.0. The van der Waals surface area contributed by atoms with Gasteiger partial charge in [0.15, 0.2) is 0 Å². The number of nitrogens with one attached hydrogen (secondary N) is 1. The second-order valence-corrected chi connectivity index (χ2v) is 5.35. The molecule has 0 atom stereocenters. The van der Waals surface area contributed by atoms with E-state index < -0.39 is 0 Å². The summed E-state index contributed by atoms with van der Waals surface area (Å²) in [6, 6.07) is 0. The molecule has 0 spiro atoms. The van der Waals surface area contributed by atoms with Crippen LogP contribution in [0.2, 0.25) is 5.15 Å². The minimum Gasteiger partial charge on any atom is -0.365 e. The van der Waals surface area contributed by atoms with Gasteiger partial charge in [0.05, 0.1) is 0 Å². The van der Waals surface area contributed by atoms with E-state index in [1.54, 1.807) is 0 Å². The van der Waals surface area contributed by atoms with Gasteiger partial charge in [0, 0.05) is 22.5 Å². The van der Waals surface area contributed by atoms with Crippen molar-refractivity contribution in [2.75, 3.05) is 11.9 Å². The molecule has 3 nitrogen and oxygen atoms in total. The van der Waals surface area contributed by atoms with Crippen molar-refractivity contribution in [2.24, 2.45) is 0 Å². The zero-order valence-electron chi connectivity index (χ0n) is 9.64. The second-order valence-electron chi connectivity index (χ2n) is 3.87. The van der Waals surface area contributed by atoms with Crippen molar-refractivity contribution in [1.29, 1.82) is 0 Å². The van der Waals surface area contributed by atoms with Crippen LogP contribution >= 0.6 is 27.5 Å². The van der Waals surface area contributed by atoms with Crippen LogP contribution in [0.3, 0.4) is 0 Å². The van der Waals surface area contributed by atoms with Crippen molar-refractivity contribution >= 4 is 33.3 Å². The molecule has 5 heteroatoms. The largest absolute Gasteiger partial charge is 0.365 e. The molecule has 0 aliphatic heterocycles. The smallest absolute Gasteiger partial charge is 0.137 e. The van der Waals surface area contributed by atoms with E-state index in [0.717, 1.165) is 21.7 Å². The lowest BCUT2D eigenvalue weighted by Gasteiger charge is -2.12. The van der Waals surface area contributed by atoms with Gasteiger partial charge in [0.2, 0.25) is 0 Å². The average molecular weight is 305 g/mol. The average Bonchev–Trinajstić information content (AvgIpc) is 2.19. The predicted octanol–water partition coefficient (Wildman–Crippen LogP) is 3.88. The number of rotatable bonds is 4. The minimum absolute atomic E-state index is 0.255. The molecule has 0 aliphatic rings. The summed E-state index contributed by atoms with van der Waals surface area (Å²) in [5, 5.41) is 3.67. The maximum atomic E-state index is 6.05. The van der Waals surface area contributed by atoms with E-state index in [1.165, 1.54) is 0 Å². The maximum absolute atomic E-state index is 6.05. The molecular formula is C11H15BrClN3. The highest BCUT2D eigenvalue weighted by Gasteiger charge is 2.11. The molecule has 0 aromatic carbocycles. The van der Waals surface area contributed by atoms with E-state index in [-0.39, 0.29) is 5.92 Å². The Balaban J connectivity index is 3.01. The lowest BCUT2D eigenvalue weighted by Crippen LogP contribution is -2.09. The fourth-order valence-electron chi connectivity index (χ4n) is 1.12. The molecule has 0 radical (unpaired) electrons. The molecule has 0 aliphatic carbocycles. The lowest BCUT2D eigenvalue weighted by molar-refractivity contribution is 0.772. The fraction of sp³-hybridized carbons (Fsp3) is 0.455. The Morgan fingerprint density at radius 3 is 2.62 bits per heavy atom. The van der Waals surface area contributed by atoms with Crippen molar-refractivity contribution in [3.63, 3.8) is 0 Å². The SMILES string of the molecule is C=C(Br)CNc1nc(C(C)C)nc(Cl)c1C. The molecule has 0 saturated carbocycles. The quantitative estimate of drug-likeness (QED) is 0.858. The molecule has 1 heterocycles. The Hall–Kier alpha value is -0.610. The third-order valence-electron chi connectivity index (χ3n) is 2.07. The first kappa shape index (κ1) is 13.5. The molecule has 16 heavy (non-hydrogen) atoms. The first-order chi connectivity index (χ1) is 7.41. The Kier molecular flexibility index (Phi) is 4.74. The van der Waals surface area contributed by atoms with Crippen LogP contribution in [0, 0.1) is 6.92 Å². The molecule has 0 fully saturated rings.